The number of rotatable bonds is 15. The van der Waals surface area contributed by atoms with E-state index in [1.165, 1.54) is 86.1 Å². The van der Waals surface area contributed by atoms with Gasteiger partial charge in [0, 0.05) is 18.6 Å². The van der Waals surface area contributed by atoms with Crippen LogP contribution in [0.1, 0.15) is 103 Å². The highest BCUT2D eigenvalue weighted by molar-refractivity contribution is 6.80. The monoisotopic (exact) mass is 466 g/mol. The minimum atomic E-state index is -2.42. The van der Waals surface area contributed by atoms with Gasteiger partial charge in [-0.15, -0.1) is 0 Å². The Morgan fingerprint density at radius 3 is 1.82 bits per heavy atom. The lowest BCUT2D eigenvalue weighted by atomic mass is 9.70. The van der Waals surface area contributed by atoms with Gasteiger partial charge in [0.25, 0.3) is 0 Å². The van der Waals surface area contributed by atoms with Gasteiger partial charge in [0.1, 0.15) is 0 Å². The van der Waals surface area contributed by atoms with Crippen LogP contribution in [0.5, 0.6) is 0 Å². The van der Waals surface area contributed by atoms with Gasteiger partial charge in [-0.05, 0) is 60.7 Å². The highest BCUT2D eigenvalue weighted by atomic mass is 28.4. The molecule has 0 saturated heterocycles. The molecule has 0 bridgehead atoms. The third kappa shape index (κ3) is 5.63. The largest absolute Gasteiger partial charge is 0.391 e. The van der Waals surface area contributed by atoms with Gasteiger partial charge < -0.3 is 8.85 Å². The summed E-state index contributed by atoms with van der Waals surface area (Å²) in [5.41, 5.74) is 6.09. The first-order valence-corrected chi connectivity index (χ1v) is 15.9. The first kappa shape index (κ1) is 26.2. The summed E-state index contributed by atoms with van der Waals surface area (Å²) in [7, 11) is -2.42. The van der Waals surface area contributed by atoms with Crippen LogP contribution in [0.2, 0.25) is 6.55 Å². The van der Waals surface area contributed by atoms with Crippen LogP contribution < -0.4 is 5.19 Å². The molecular weight excluding hydrogens is 420 g/mol. The lowest BCUT2D eigenvalue weighted by molar-refractivity contribution is 0.202. The number of fused-ring (bicyclic) bond motifs is 3. The zero-order chi connectivity index (χ0) is 23.7. The summed E-state index contributed by atoms with van der Waals surface area (Å²) in [6, 6.07) is 16.4. The second kappa shape index (κ2) is 12.3. The topological polar surface area (TPSA) is 18.5 Å². The second-order valence-electron chi connectivity index (χ2n) is 9.82. The molecule has 0 N–H and O–H groups in total. The van der Waals surface area contributed by atoms with Gasteiger partial charge in [-0.1, -0.05) is 108 Å². The van der Waals surface area contributed by atoms with Crippen LogP contribution in [0.25, 0.3) is 11.1 Å². The van der Waals surface area contributed by atoms with Gasteiger partial charge in [0.05, 0.1) is 0 Å². The maximum absolute atomic E-state index is 6.30. The van der Waals surface area contributed by atoms with Gasteiger partial charge in [-0.3, -0.25) is 0 Å². The van der Waals surface area contributed by atoms with E-state index in [4.69, 9.17) is 8.85 Å². The predicted octanol–water partition coefficient (Wildman–Crippen LogP) is 8.25. The molecule has 0 spiro atoms. The maximum atomic E-state index is 6.30. The van der Waals surface area contributed by atoms with E-state index < -0.39 is 8.56 Å². The number of hydrogen-bond donors (Lipinski definition) is 0. The van der Waals surface area contributed by atoms with Crippen molar-refractivity contribution in [3.63, 3.8) is 0 Å². The van der Waals surface area contributed by atoms with Crippen LogP contribution in [-0.4, -0.2) is 21.8 Å². The lowest BCUT2D eigenvalue weighted by Gasteiger charge is -2.34. The standard InChI is InChI=1S/C30H46O2Si/c1-6-10-12-16-22-30(23-17-13-11-7-2)28-19-15-14-18-26(28)27-21-20-25(24-29(27)30)33(5,31-8-3)32-9-4/h14-15,18-21,24H,6-13,16-17,22-23H2,1-5H3. The molecule has 0 aromatic heterocycles. The average Bonchev–Trinajstić information content (AvgIpc) is 3.10. The molecule has 182 valence electrons. The zero-order valence-electron chi connectivity index (χ0n) is 21.8. The number of benzene rings is 2. The van der Waals surface area contributed by atoms with Gasteiger partial charge in [-0.25, -0.2) is 0 Å². The summed E-state index contributed by atoms with van der Waals surface area (Å²) in [5.74, 6) is 0. The van der Waals surface area contributed by atoms with E-state index in [1.807, 2.05) is 0 Å². The molecule has 0 unspecified atom stereocenters. The van der Waals surface area contributed by atoms with Crippen molar-refractivity contribution in [3.05, 3.63) is 53.6 Å². The van der Waals surface area contributed by atoms with Crippen molar-refractivity contribution in [2.45, 2.75) is 104 Å². The molecule has 3 heteroatoms. The van der Waals surface area contributed by atoms with E-state index >= 15 is 0 Å². The fourth-order valence-electron chi connectivity index (χ4n) is 5.87. The van der Waals surface area contributed by atoms with Gasteiger partial charge >= 0.3 is 8.56 Å². The predicted molar refractivity (Wildman–Crippen MR) is 145 cm³/mol. The van der Waals surface area contributed by atoms with E-state index in [9.17, 15) is 0 Å². The third-order valence-corrected chi connectivity index (χ3v) is 10.6. The molecule has 3 rings (SSSR count). The summed E-state index contributed by atoms with van der Waals surface area (Å²) in [5, 5.41) is 1.28. The molecule has 1 aliphatic carbocycles. The zero-order valence-corrected chi connectivity index (χ0v) is 22.8. The molecule has 0 fully saturated rings. The Labute approximate surface area is 204 Å². The summed E-state index contributed by atoms with van der Waals surface area (Å²) in [6.45, 7) is 12.4. The van der Waals surface area contributed by atoms with E-state index in [-0.39, 0.29) is 5.41 Å². The Balaban J connectivity index is 2.09. The van der Waals surface area contributed by atoms with Crippen molar-refractivity contribution in [1.82, 2.24) is 0 Å². The minimum Gasteiger partial charge on any atom is -0.391 e. The maximum Gasteiger partial charge on any atom is 0.369 e. The first-order valence-electron chi connectivity index (χ1n) is 13.6. The van der Waals surface area contributed by atoms with Crippen molar-refractivity contribution in [2.75, 3.05) is 13.2 Å². The van der Waals surface area contributed by atoms with E-state index in [0.29, 0.717) is 13.2 Å². The Morgan fingerprint density at radius 1 is 0.667 bits per heavy atom. The number of hydrogen-bond acceptors (Lipinski definition) is 2. The van der Waals surface area contributed by atoms with Crippen LogP contribution in [0.3, 0.4) is 0 Å². The molecular formula is C30H46O2Si. The molecule has 0 radical (unpaired) electrons. The highest BCUT2D eigenvalue weighted by Crippen LogP contribution is 2.54. The van der Waals surface area contributed by atoms with Gasteiger partial charge in [0.2, 0.25) is 0 Å². The first-order chi connectivity index (χ1) is 16.1. The average molecular weight is 467 g/mol. The molecule has 2 aromatic carbocycles. The van der Waals surface area contributed by atoms with Crippen LogP contribution in [0, 0.1) is 0 Å². The number of unbranched alkanes of at least 4 members (excludes halogenated alkanes) is 6. The molecule has 1 aliphatic rings. The molecule has 2 nitrogen and oxygen atoms in total. The normalized spacial score (nSPS) is 14.3. The highest BCUT2D eigenvalue weighted by Gasteiger charge is 2.44. The van der Waals surface area contributed by atoms with Crippen LogP contribution in [0.4, 0.5) is 0 Å². The Bertz CT molecular complexity index is 857. The van der Waals surface area contributed by atoms with Gasteiger partial charge in [-0.2, -0.15) is 0 Å². The van der Waals surface area contributed by atoms with Gasteiger partial charge in [0.15, 0.2) is 0 Å². The Kier molecular flexibility index (Phi) is 9.78. The van der Waals surface area contributed by atoms with Crippen LogP contribution in [0.15, 0.2) is 42.5 Å². The Hall–Kier alpha value is -1.42. The van der Waals surface area contributed by atoms with Crippen molar-refractivity contribution >= 4 is 13.7 Å². The molecule has 0 heterocycles. The molecule has 2 aromatic rings. The molecule has 0 atom stereocenters. The summed E-state index contributed by atoms with van der Waals surface area (Å²) in [6.07, 6.45) is 13.0. The smallest absolute Gasteiger partial charge is 0.369 e. The lowest BCUT2D eigenvalue weighted by Crippen LogP contribution is -2.51. The summed E-state index contributed by atoms with van der Waals surface area (Å²) < 4.78 is 12.6. The van der Waals surface area contributed by atoms with Crippen molar-refractivity contribution in [2.24, 2.45) is 0 Å². The molecule has 33 heavy (non-hydrogen) atoms. The Morgan fingerprint density at radius 2 is 1.24 bits per heavy atom. The van der Waals surface area contributed by atoms with Crippen LogP contribution in [-0.2, 0) is 14.3 Å². The second-order valence-corrected chi connectivity index (χ2v) is 12.9. The summed E-state index contributed by atoms with van der Waals surface area (Å²) in [4.78, 5) is 0. The fourth-order valence-corrected chi connectivity index (χ4v) is 8.18. The SMILES string of the molecule is CCCCCCC1(CCCCCC)c2ccccc2-c2ccc([Si](C)(OCC)OCC)cc21. The molecule has 0 amide bonds. The summed E-state index contributed by atoms with van der Waals surface area (Å²) >= 11 is 0. The van der Waals surface area contributed by atoms with Crippen molar-refractivity contribution in [3.8, 4) is 11.1 Å². The fraction of sp³-hybridized carbons (Fsp3) is 0.600. The van der Waals surface area contributed by atoms with E-state index in [0.717, 1.165) is 0 Å². The van der Waals surface area contributed by atoms with Crippen molar-refractivity contribution in [1.29, 1.82) is 0 Å². The van der Waals surface area contributed by atoms with E-state index in [1.54, 1.807) is 5.56 Å². The minimum absolute atomic E-state index is 0.122. The molecule has 0 saturated carbocycles. The van der Waals surface area contributed by atoms with E-state index in [2.05, 4.69) is 76.7 Å². The van der Waals surface area contributed by atoms with Crippen LogP contribution >= 0.6 is 0 Å². The van der Waals surface area contributed by atoms with Crippen molar-refractivity contribution < 1.29 is 8.85 Å². The quantitative estimate of drug-likeness (QED) is 0.194. The molecule has 0 aliphatic heterocycles. The third-order valence-electron chi connectivity index (χ3n) is 7.55.